The highest BCUT2D eigenvalue weighted by molar-refractivity contribution is 4.84. The Labute approximate surface area is 146 Å². The zero-order valence-corrected chi connectivity index (χ0v) is 15.8. The Balaban J connectivity index is 0.000000901. The Morgan fingerprint density at radius 1 is 0.696 bits per heavy atom. The zero-order valence-electron chi connectivity index (χ0n) is 15.8. The van der Waals surface area contributed by atoms with Crippen molar-refractivity contribution in [2.24, 2.45) is 0 Å². The molecule has 3 heteroatoms. The van der Waals surface area contributed by atoms with Crippen molar-refractivity contribution in [2.45, 2.75) is 98.3 Å². The van der Waals surface area contributed by atoms with E-state index >= 15 is 0 Å². The van der Waals surface area contributed by atoms with Gasteiger partial charge in [0.2, 0.25) is 0 Å². The maximum Gasteiger partial charge on any atom is 0.0603 e. The topological polar surface area (TPSA) is 15.7 Å². The minimum absolute atomic E-state index is 0. The second-order valence-electron chi connectivity index (χ2n) is 6.46. The van der Waals surface area contributed by atoms with Crippen LogP contribution in [0.2, 0.25) is 0 Å². The summed E-state index contributed by atoms with van der Waals surface area (Å²) >= 11 is 0. The molecule has 1 saturated carbocycles. The molecule has 0 aromatic carbocycles. The summed E-state index contributed by atoms with van der Waals surface area (Å²) in [6, 6.07) is 0.925. The van der Waals surface area contributed by atoms with Crippen molar-refractivity contribution in [1.82, 2.24) is 9.80 Å². The summed E-state index contributed by atoms with van der Waals surface area (Å²) < 4.78 is 6.31. The lowest BCUT2D eigenvalue weighted by atomic mass is 9.89. The fourth-order valence-electron chi connectivity index (χ4n) is 3.52. The average molecular weight is 329 g/mol. The van der Waals surface area contributed by atoms with E-state index in [2.05, 4.69) is 16.8 Å². The van der Waals surface area contributed by atoms with Gasteiger partial charge in [0.1, 0.15) is 0 Å². The first-order valence-electron chi connectivity index (χ1n) is 9.89. The summed E-state index contributed by atoms with van der Waals surface area (Å²) in [6.45, 7) is 13.0. The predicted molar refractivity (Wildman–Crippen MR) is 103 cm³/mol. The van der Waals surface area contributed by atoms with Crippen LogP contribution < -0.4 is 0 Å². The highest BCUT2D eigenvalue weighted by atomic mass is 16.5. The zero-order chi connectivity index (χ0) is 16.4. The molecule has 0 unspecified atom stereocenters. The van der Waals surface area contributed by atoms with Crippen LogP contribution in [0, 0.1) is 0 Å². The van der Waals surface area contributed by atoms with E-state index in [1.807, 2.05) is 27.7 Å². The first-order valence-corrected chi connectivity index (χ1v) is 9.89. The number of rotatable bonds is 3. The van der Waals surface area contributed by atoms with Crippen molar-refractivity contribution in [3.05, 3.63) is 0 Å². The van der Waals surface area contributed by atoms with E-state index < -0.39 is 0 Å². The fraction of sp³-hybridized carbons (Fsp3) is 1.00. The molecule has 2 heterocycles. The molecule has 2 saturated heterocycles. The van der Waals surface area contributed by atoms with E-state index in [0.717, 1.165) is 6.04 Å². The molecule has 0 aromatic heterocycles. The third-order valence-electron chi connectivity index (χ3n) is 5.12. The third-order valence-corrected chi connectivity index (χ3v) is 5.12. The van der Waals surface area contributed by atoms with Gasteiger partial charge in [-0.25, -0.2) is 0 Å². The third kappa shape index (κ3) is 7.53. The van der Waals surface area contributed by atoms with Gasteiger partial charge in [-0.2, -0.15) is 0 Å². The molecule has 3 nitrogen and oxygen atoms in total. The predicted octanol–water partition coefficient (Wildman–Crippen LogP) is 4.80. The van der Waals surface area contributed by atoms with Gasteiger partial charge in [0.15, 0.2) is 0 Å². The Bertz CT molecular complexity index is 252. The van der Waals surface area contributed by atoms with E-state index in [1.165, 1.54) is 71.1 Å². The lowest BCUT2D eigenvalue weighted by Gasteiger charge is -2.42. The molecular weight excluding hydrogens is 284 g/mol. The Kier molecular flexibility index (Phi) is 13.1. The van der Waals surface area contributed by atoms with Gasteiger partial charge in [-0.15, -0.1) is 0 Å². The van der Waals surface area contributed by atoms with Gasteiger partial charge in [0, 0.05) is 32.2 Å². The van der Waals surface area contributed by atoms with Crippen LogP contribution in [0.1, 0.15) is 80.1 Å². The molecule has 140 valence electrons. The summed E-state index contributed by atoms with van der Waals surface area (Å²) in [6.07, 6.45) is 10.4. The summed E-state index contributed by atoms with van der Waals surface area (Å²) in [4.78, 5) is 5.12. The van der Waals surface area contributed by atoms with Crippen LogP contribution in [0.15, 0.2) is 0 Å². The van der Waals surface area contributed by atoms with Gasteiger partial charge in [-0.1, -0.05) is 41.5 Å². The molecule has 3 aliphatic rings. The van der Waals surface area contributed by atoms with Gasteiger partial charge in [0.25, 0.3) is 0 Å². The highest BCUT2D eigenvalue weighted by Gasteiger charge is 2.30. The van der Waals surface area contributed by atoms with Crippen LogP contribution in [-0.2, 0) is 4.74 Å². The van der Waals surface area contributed by atoms with Crippen molar-refractivity contribution in [3.63, 3.8) is 0 Å². The van der Waals surface area contributed by atoms with Crippen molar-refractivity contribution in [1.29, 1.82) is 0 Å². The van der Waals surface area contributed by atoms with Crippen LogP contribution in [0.4, 0.5) is 0 Å². The van der Waals surface area contributed by atoms with Crippen LogP contribution >= 0.6 is 0 Å². The van der Waals surface area contributed by atoms with Gasteiger partial charge >= 0.3 is 0 Å². The molecule has 2 aliphatic heterocycles. The van der Waals surface area contributed by atoms with Crippen molar-refractivity contribution in [2.75, 3.05) is 33.2 Å². The van der Waals surface area contributed by atoms with Gasteiger partial charge in [-0.05, 0) is 45.6 Å². The first kappa shape index (κ1) is 22.9. The maximum atomic E-state index is 6.31. The largest absolute Gasteiger partial charge is 0.375 e. The number of piperidine rings is 2. The molecule has 3 fully saturated rings. The molecule has 0 aromatic rings. The summed E-state index contributed by atoms with van der Waals surface area (Å²) in [7, 11) is 2.22. The van der Waals surface area contributed by atoms with E-state index in [4.69, 9.17) is 4.74 Å². The Morgan fingerprint density at radius 2 is 1.13 bits per heavy atom. The fourth-order valence-corrected chi connectivity index (χ4v) is 3.52. The number of hydrogen-bond acceptors (Lipinski definition) is 3. The normalized spacial score (nSPS) is 24.4. The molecule has 1 aliphatic carbocycles. The van der Waals surface area contributed by atoms with Gasteiger partial charge in [-0.3, -0.25) is 0 Å². The first-order chi connectivity index (χ1) is 10.8. The Hall–Kier alpha value is -0.120. The molecule has 23 heavy (non-hydrogen) atoms. The summed E-state index contributed by atoms with van der Waals surface area (Å²) in [5.41, 5.74) is 0. The number of ether oxygens (including phenoxy) is 1. The monoisotopic (exact) mass is 328 g/mol. The molecule has 0 amide bonds. The smallest absolute Gasteiger partial charge is 0.0603 e. The SMILES string of the molecule is C.CC.CC.CN1CCC(OC2CCN(C3CCC3)CC2)CC1. The molecule has 0 radical (unpaired) electrons. The van der Waals surface area contributed by atoms with Gasteiger partial charge in [0.05, 0.1) is 12.2 Å². The van der Waals surface area contributed by atoms with Crippen LogP contribution in [0.5, 0.6) is 0 Å². The number of hydrogen-bond donors (Lipinski definition) is 0. The minimum atomic E-state index is 0. The lowest BCUT2D eigenvalue weighted by molar-refractivity contribution is -0.0701. The molecule has 0 spiro atoms. The Morgan fingerprint density at radius 3 is 1.52 bits per heavy atom. The molecular formula is C20H44N2O. The summed E-state index contributed by atoms with van der Waals surface area (Å²) in [5.74, 6) is 0. The van der Waals surface area contributed by atoms with E-state index in [0.29, 0.717) is 12.2 Å². The van der Waals surface area contributed by atoms with Crippen molar-refractivity contribution >= 4 is 0 Å². The standard InChI is InChI=1S/C15H28N2O.2C2H6.CH4/c1-16-9-5-14(6-10-16)18-15-7-11-17(12-8-15)13-3-2-4-13;2*1-2;/h13-15H,2-12H2,1H3;2*1-2H3;1H4. The molecule has 3 rings (SSSR count). The van der Waals surface area contributed by atoms with Crippen molar-refractivity contribution in [3.8, 4) is 0 Å². The average Bonchev–Trinajstić information content (AvgIpc) is 2.54. The van der Waals surface area contributed by atoms with Crippen LogP contribution in [-0.4, -0.2) is 61.3 Å². The van der Waals surface area contributed by atoms with E-state index in [-0.39, 0.29) is 7.43 Å². The second-order valence-corrected chi connectivity index (χ2v) is 6.46. The lowest BCUT2D eigenvalue weighted by Crippen LogP contribution is -2.47. The van der Waals surface area contributed by atoms with Crippen LogP contribution in [0.3, 0.4) is 0 Å². The number of likely N-dealkylation sites (tertiary alicyclic amines) is 2. The minimum Gasteiger partial charge on any atom is -0.375 e. The van der Waals surface area contributed by atoms with E-state index in [9.17, 15) is 0 Å². The second kappa shape index (κ2) is 13.2. The maximum absolute atomic E-state index is 6.31. The molecule has 0 atom stereocenters. The van der Waals surface area contributed by atoms with E-state index in [1.54, 1.807) is 0 Å². The van der Waals surface area contributed by atoms with Gasteiger partial charge < -0.3 is 14.5 Å². The highest BCUT2D eigenvalue weighted by Crippen LogP contribution is 2.28. The molecule has 0 N–H and O–H groups in total. The summed E-state index contributed by atoms with van der Waals surface area (Å²) in [5, 5.41) is 0. The quantitative estimate of drug-likeness (QED) is 0.740. The van der Waals surface area contributed by atoms with Crippen molar-refractivity contribution < 1.29 is 4.74 Å². The molecule has 0 bridgehead atoms. The van der Waals surface area contributed by atoms with Crippen LogP contribution in [0.25, 0.3) is 0 Å². The number of nitrogens with zero attached hydrogens (tertiary/aromatic N) is 2.